The van der Waals surface area contributed by atoms with Gasteiger partial charge in [-0.05, 0) is 31.5 Å². The zero-order valence-corrected chi connectivity index (χ0v) is 12.2. The Bertz CT molecular complexity index is 613. The van der Waals surface area contributed by atoms with E-state index in [1.165, 1.54) is 5.56 Å². The Hall–Kier alpha value is -2.37. The minimum atomic E-state index is -0.0414. The van der Waals surface area contributed by atoms with Crippen molar-refractivity contribution in [1.29, 1.82) is 0 Å². The van der Waals surface area contributed by atoms with Crippen LogP contribution in [0.15, 0.2) is 29.0 Å². The van der Waals surface area contributed by atoms with Gasteiger partial charge in [0.25, 0.3) is 0 Å². The monoisotopic (exact) mass is 286 g/mol. The zero-order valence-electron chi connectivity index (χ0n) is 12.2. The van der Waals surface area contributed by atoms with E-state index in [1.54, 1.807) is 12.4 Å². The van der Waals surface area contributed by atoms with Crippen LogP contribution < -0.4 is 5.32 Å². The van der Waals surface area contributed by atoms with Crippen molar-refractivity contribution in [2.24, 2.45) is 0 Å². The van der Waals surface area contributed by atoms with Gasteiger partial charge in [-0.2, -0.15) is 0 Å². The third-order valence-electron chi connectivity index (χ3n) is 3.94. The minimum Gasteiger partial charge on any atom is -0.361 e. The fourth-order valence-electron chi connectivity index (χ4n) is 2.52. The van der Waals surface area contributed by atoms with Gasteiger partial charge in [0.05, 0.1) is 5.69 Å². The molecule has 0 saturated carbocycles. The van der Waals surface area contributed by atoms with Crippen LogP contribution in [0, 0.1) is 13.8 Å². The summed E-state index contributed by atoms with van der Waals surface area (Å²) in [6, 6.07) is 3.97. The topological polar surface area (TPSA) is 71.3 Å². The van der Waals surface area contributed by atoms with Crippen LogP contribution >= 0.6 is 0 Å². The van der Waals surface area contributed by atoms with Crippen LogP contribution in [-0.4, -0.2) is 34.2 Å². The van der Waals surface area contributed by atoms with Crippen molar-refractivity contribution in [2.45, 2.75) is 26.3 Å². The van der Waals surface area contributed by atoms with Crippen LogP contribution in [0.25, 0.3) is 0 Å². The highest BCUT2D eigenvalue weighted by Crippen LogP contribution is 2.26. The highest BCUT2D eigenvalue weighted by Gasteiger charge is 2.31. The molecule has 21 heavy (non-hydrogen) atoms. The molecule has 0 radical (unpaired) electrons. The lowest BCUT2D eigenvalue weighted by molar-refractivity contribution is 0.151. The largest absolute Gasteiger partial charge is 0.361 e. The van der Waals surface area contributed by atoms with Crippen molar-refractivity contribution in [3.63, 3.8) is 0 Å². The number of carbonyl (C=O) groups excluding carboxylic acids is 1. The Morgan fingerprint density at radius 1 is 1.38 bits per heavy atom. The molecule has 1 N–H and O–H groups in total. The number of rotatable bonds is 3. The number of nitrogens with one attached hydrogen (secondary N) is 1. The van der Waals surface area contributed by atoms with Gasteiger partial charge in [0.15, 0.2) is 0 Å². The number of nitrogens with zero attached hydrogens (tertiary/aromatic N) is 3. The van der Waals surface area contributed by atoms with E-state index >= 15 is 0 Å². The number of urea groups is 1. The lowest BCUT2D eigenvalue weighted by atomic mass is 9.93. The highest BCUT2D eigenvalue weighted by molar-refractivity contribution is 5.75. The lowest BCUT2D eigenvalue weighted by Crippen LogP contribution is -2.52. The van der Waals surface area contributed by atoms with Crippen LogP contribution in [0.4, 0.5) is 4.79 Å². The van der Waals surface area contributed by atoms with E-state index < -0.39 is 0 Å². The molecule has 0 aliphatic carbocycles. The van der Waals surface area contributed by atoms with Crippen molar-refractivity contribution in [3.8, 4) is 0 Å². The molecular formula is C15H18N4O2. The van der Waals surface area contributed by atoms with E-state index in [4.69, 9.17) is 4.52 Å². The fourth-order valence-corrected chi connectivity index (χ4v) is 2.52. The first-order valence-electron chi connectivity index (χ1n) is 6.99. The molecule has 0 spiro atoms. The molecule has 2 aromatic rings. The summed E-state index contributed by atoms with van der Waals surface area (Å²) in [5.74, 6) is 1.17. The molecule has 2 amide bonds. The summed E-state index contributed by atoms with van der Waals surface area (Å²) in [4.78, 5) is 17.9. The normalized spacial score (nSPS) is 14.9. The molecule has 3 rings (SSSR count). The summed E-state index contributed by atoms with van der Waals surface area (Å²) in [5, 5.41) is 6.79. The molecule has 1 fully saturated rings. The number of hydrogen-bond acceptors (Lipinski definition) is 4. The van der Waals surface area contributed by atoms with E-state index in [1.807, 2.05) is 30.9 Å². The fraction of sp³-hybridized carbons (Fsp3) is 0.400. The van der Waals surface area contributed by atoms with Crippen molar-refractivity contribution < 1.29 is 9.32 Å². The molecule has 3 heterocycles. The number of aryl methyl sites for hydroxylation is 2. The van der Waals surface area contributed by atoms with Gasteiger partial charge in [-0.1, -0.05) is 5.16 Å². The maximum Gasteiger partial charge on any atom is 0.317 e. The molecule has 0 bridgehead atoms. The predicted octanol–water partition coefficient (Wildman–Crippen LogP) is 2.00. The molecule has 110 valence electrons. The molecule has 2 aromatic heterocycles. The van der Waals surface area contributed by atoms with Crippen molar-refractivity contribution in [3.05, 3.63) is 47.1 Å². The summed E-state index contributed by atoms with van der Waals surface area (Å²) in [7, 11) is 0. The second-order valence-corrected chi connectivity index (χ2v) is 5.34. The van der Waals surface area contributed by atoms with E-state index in [9.17, 15) is 4.79 Å². The van der Waals surface area contributed by atoms with Gasteiger partial charge in [0, 0.05) is 43.5 Å². The minimum absolute atomic E-state index is 0.0414. The third-order valence-corrected chi connectivity index (χ3v) is 3.94. The number of hydrogen-bond donors (Lipinski definition) is 1. The molecule has 0 aromatic carbocycles. The summed E-state index contributed by atoms with van der Waals surface area (Å²) in [6.45, 7) is 5.68. The molecule has 0 atom stereocenters. The smallest absolute Gasteiger partial charge is 0.317 e. The molecule has 0 unspecified atom stereocenters. The molecule has 1 saturated heterocycles. The first kappa shape index (κ1) is 13.6. The van der Waals surface area contributed by atoms with Crippen molar-refractivity contribution in [2.75, 3.05) is 13.1 Å². The second-order valence-electron chi connectivity index (χ2n) is 5.34. The Morgan fingerprint density at radius 3 is 2.71 bits per heavy atom. The van der Waals surface area contributed by atoms with Crippen molar-refractivity contribution in [1.82, 2.24) is 20.4 Å². The van der Waals surface area contributed by atoms with Crippen LogP contribution in [-0.2, 0) is 6.54 Å². The quantitative estimate of drug-likeness (QED) is 0.936. The summed E-state index contributed by atoms with van der Waals surface area (Å²) < 4.78 is 5.08. The van der Waals surface area contributed by atoms with Gasteiger partial charge in [-0.3, -0.25) is 4.98 Å². The standard InChI is InChI=1S/C15H18N4O2/c1-10-14(11(2)21-18-10)7-17-15(20)19-8-13(9-19)12-3-5-16-6-4-12/h3-6,13H,7-9H2,1-2H3,(H,17,20). The van der Waals surface area contributed by atoms with Crippen molar-refractivity contribution >= 4 is 6.03 Å². The zero-order chi connectivity index (χ0) is 14.8. The van der Waals surface area contributed by atoms with Gasteiger partial charge < -0.3 is 14.7 Å². The molecule has 6 heteroatoms. The Balaban J connectivity index is 1.50. The Labute approximate surface area is 123 Å². The molecule has 1 aliphatic rings. The highest BCUT2D eigenvalue weighted by atomic mass is 16.5. The van der Waals surface area contributed by atoms with Crippen LogP contribution in [0.5, 0.6) is 0 Å². The van der Waals surface area contributed by atoms with Gasteiger partial charge in [-0.15, -0.1) is 0 Å². The number of carbonyl (C=O) groups is 1. The van der Waals surface area contributed by atoms with Gasteiger partial charge in [0.2, 0.25) is 0 Å². The van der Waals surface area contributed by atoms with E-state index in [-0.39, 0.29) is 6.03 Å². The first-order valence-corrected chi connectivity index (χ1v) is 6.99. The summed E-state index contributed by atoms with van der Waals surface area (Å²) in [5.41, 5.74) is 3.01. The number of likely N-dealkylation sites (tertiary alicyclic amines) is 1. The van der Waals surface area contributed by atoms with Gasteiger partial charge in [0.1, 0.15) is 5.76 Å². The van der Waals surface area contributed by atoms with Crippen LogP contribution in [0.2, 0.25) is 0 Å². The Kier molecular flexibility index (Phi) is 3.60. The maximum absolute atomic E-state index is 12.1. The Morgan fingerprint density at radius 2 is 2.10 bits per heavy atom. The van der Waals surface area contributed by atoms with E-state index in [0.717, 1.165) is 30.1 Å². The first-order chi connectivity index (χ1) is 10.1. The van der Waals surface area contributed by atoms with Gasteiger partial charge in [-0.25, -0.2) is 4.79 Å². The predicted molar refractivity (Wildman–Crippen MR) is 76.8 cm³/mol. The third kappa shape index (κ3) is 2.74. The van der Waals surface area contributed by atoms with Gasteiger partial charge >= 0.3 is 6.03 Å². The van der Waals surface area contributed by atoms with E-state index in [2.05, 4.69) is 15.5 Å². The van der Waals surface area contributed by atoms with Crippen LogP contribution in [0.3, 0.4) is 0 Å². The molecule has 6 nitrogen and oxygen atoms in total. The lowest BCUT2D eigenvalue weighted by Gasteiger charge is -2.39. The molecule has 1 aliphatic heterocycles. The number of pyridine rings is 1. The summed E-state index contributed by atoms with van der Waals surface area (Å²) in [6.07, 6.45) is 3.57. The van der Waals surface area contributed by atoms with Crippen LogP contribution in [0.1, 0.15) is 28.5 Å². The average Bonchev–Trinajstić information content (AvgIpc) is 2.75. The SMILES string of the molecule is Cc1noc(C)c1CNC(=O)N1CC(c2ccncc2)C1. The summed E-state index contributed by atoms with van der Waals surface area (Å²) >= 11 is 0. The number of amides is 2. The second kappa shape index (κ2) is 5.55. The number of aromatic nitrogens is 2. The maximum atomic E-state index is 12.1. The molecular weight excluding hydrogens is 268 g/mol. The average molecular weight is 286 g/mol. The van der Waals surface area contributed by atoms with E-state index in [0.29, 0.717) is 12.5 Å².